The van der Waals surface area contributed by atoms with Gasteiger partial charge in [0.2, 0.25) is 0 Å². The first-order chi connectivity index (χ1) is 12.4. The largest absolute Gasteiger partial charge is 0.379 e. The molecule has 0 aromatic heterocycles. The maximum Gasteiger partial charge on any atom is 0.0719 e. The van der Waals surface area contributed by atoms with Crippen LogP contribution in [0.3, 0.4) is 0 Å². The molecule has 0 N–H and O–H groups in total. The molecular weight excluding hydrogens is 316 g/mol. The Hall–Kier alpha value is -2.66. The third-order valence-corrected chi connectivity index (χ3v) is 3.37. The van der Waals surface area contributed by atoms with Gasteiger partial charge in [0.25, 0.3) is 0 Å². The van der Waals surface area contributed by atoms with E-state index in [0.29, 0.717) is 39.5 Å². The van der Waals surface area contributed by atoms with Crippen LogP contribution in [0.15, 0.2) is 70.8 Å². The van der Waals surface area contributed by atoms with E-state index in [9.17, 15) is 0 Å². The van der Waals surface area contributed by atoms with Gasteiger partial charge in [-0.3, -0.25) is 4.99 Å². The maximum absolute atomic E-state index is 8.14. The van der Waals surface area contributed by atoms with Crippen molar-refractivity contribution in [3.63, 3.8) is 0 Å². The normalized spacial score (nSPS) is 10.1. The molecule has 0 bridgehead atoms. The SMILES string of the molecule is [N-]=[N+]=NCCOCCOCCN=C(c1ccccc1)c1ccccc1. The van der Waals surface area contributed by atoms with Gasteiger partial charge in [-0.15, -0.1) is 0 Å². The number of azide groups is 1. The zero-order valence-electron chi connectivity index (χ0n) is 14.1. The van der Waals surface area contributed by atoms with Crippen LogP contribution in [0.4, 0.5) is 0 Å². The van der Waals surface area contributed by atoms with Crippen molar-refractivity contribution in [1.82, 2.24) is 0 Å². The summed E-state index contributed by atoms with van der Waals surface area (Å²) >= 11 is 0. The highest BCUT2D eigenvalue weighted by atomic mass is 16.5. The molecule has 0 amide bonds. The number of hydrogen-bond acceptors (Lipinski definition) is 4. The number of hydrogen-bond donors (Lipinski definition) is 0. The third kappa shape index (κ3) is 7.18. The molecule has 0 fully saturated rings. The minimum atomic E-state index is 0.346. The van der Waals surface area contributed by atoms with Gasteiger partial charge in [0, 0.05) is 22.6 Å². The molecule has 2 aromatic rings. The smallest absolute Gasteiger partial charge is 0.0719 e. The highest BCUT2D eigenvalue weighted by Crippen LogP contribution is 2.10. The second-order valence-electron chi connectivity index (χ2n) is 5.14. The van der Waals surface area contributed by atoms with Crippen molar-refractivity contribution in [2.45, 2.75) is 0 Å². The quantitative estimate of drug-likeness (QED) is 0.205. The number of ether oxygens (including phenoxy) is 2. The Morgan fingerprint density at radius 1 is 0.760 bits per heavy atom. The van der Waals surface area contributed by atoms with Gasteiger partial charge in [0.15, 0.2) is 0 Å². The Morgan fingerprint density at radius 3 is 1.80 bits per heavy atom. The fourth-order valence-corrected chi connectivity index (χ4v) is 2.24. The molecule has 0 aliphatic carbocycles. The lowest BCUT2D eigenvalue weighted by molar-refractivity contribution is 0.0540. The Bertz CT molecular complexity index is 642. The van der Waals surface area contributed by atoms with Crippen molar-refractivity contribution in [3.05, 3.63) is 82.2 Å². The molecule has 25 heavy (non-hydrogen) atoms. The average Bonchev–Trinajstić information content (AvgIpc) is 2.67. The zero-order valence-corrected chi connectivity index (χ0v) is 14.1. The summed E-state index contributed by atoms with van der Waals surface area (Å²) in [5.41, 5.74) is 11.3. The molecule has 0 aliphatic heterocycles. The first-order valence-electron chi connectivity index (χ1n) is 8.23. The summed E-state index contributed by atoms with van der Waals surface area (Å²) in [5, 5.41) is 3.39. The summed E-state index contributed by atoms with van der Waals surface area (Å²) in [5.74, 6) is 0. The number of benzene rings is 2. The predicted octanol–water partition coefficient (Wildman–Crippen LogP) is 3.87. The topological polar surface area (TPSA) is 79.6 Å². The lowest BCUT2D eigenvalue weighted by Crippen LogP contribution is -2.10. The second kappa shape index (κ2) is 11.8. The molecule has 130 valence electrons. The van der Waals surface area contributed by atoms with Gasteiger partial charge >= 0.3 is 0 Å². The fourth-order valence-electron chi connectivity index (χ4n) is 2.24. The van der Waals surface area contributed by atoms with E-state index >= 15 is 0 Å². The van der Waals surface area contributed by atoms with Crippen LogP contribution in [-0.4, -0.2) is 45.2 Å². The Morgan fingerprint density at radius 2 is 1.28 bits per heavy atom. The van der Waals surface area contributed by atoms with Crippen LogP contribution >= 0.6 is 0 Å². The van der Waals surface area contributed by atoms with Crippen LogP contribution < -0.4 is 0 Å². The van der Waals surface area contributed by atoms with Crippen LogP contribution in [0.2, 0.25) is 0 Å². The molecule has 0 radical (unpaired) electrons. The molecule has 6 heteroatoms. The molecule has 0 heterocycles. The average molecular weight is 338 g/mol. The summed E-state index contributed by atoms with van der Waals surface area (Å²) in [6.45, 7) is 2.85. The minimum Gasteiger partial charge on any atom is -0.379 e. The summed E-state index contributed by atoms with van der Waals surface area (Å²) in [6, 6.07) is 20.3. The van der Waals surface area contributed by atoms with E-state index in [0.717, 1.165) is 16.8 Å². The number of nitrogens with zero attached hydrogens (tertiary/aromatic N) is 4. The molecule has 0 saturated heterocycles. The lowest BCUT2D eigenvalue weighted by atomic mass is 10.0. The van der Waals surface area contributed by atoms with E-state index in [1.165, 1.54) is 0 Å². The Balaban J connectivity index is 1.80. The van der Waals surface area contributed by atoms with Crippen molar-refractivity contribution in [3.8, 4) is 0 Å². The van der Waals surface area contributed by atoms with Gasteiger partial charge in [-0.05, 0) is 5.53 Å². The van der Waals surface area contributed by atoms with Gasteiger partial charge in [-0.2, -0.15) is 0 Å². The summed E-state index contributed by atoms with van der Waals surface area (Å²) in [7, 11) is 0. The summed E-state index contributed by atoms with van der Waals surface area (Å²) in [4.78, 5) is 7.38. The molecule has 6 nitrogen and oxygen atoms in total. The molecule has 0 aliphatic rings. The van der Waals surface area contributed by atoms with E-state index < -0.39 is 0 Å². The molecular formula is C19H22N4O2. The first-order valence-corrected chi connectivity index (χ1v) is 8.23. The number of rotatable bonds is 11. The van der Waals surface area contributed by atoms with Crippen LogP contribution in [0.1, 0.15) is 11.1 Å². The van der Waals surface area contributed by atoms with Crippen molar-refractivity contribution in [2.24, 2.45) is 10.1 Å². The first kappa shape index (κ1) is 18.7. The Kier molecular flexibility index (Phi) is 8.82. The van der Waals surface area contributed by atoms with Crippen molar-refractivity contribution in [1.29, 1.82) is 0 Å². The van der Waals surface area contributed by atoms with Crippen LogP contribution in [-0.2, 0) is 9.47 Å². The molecule has 0 spiro atoms. The highest BCUT2D eigenvalue weighted by Gasteiger charge is 2.05. The van der Waals surface area contributed by atoms with Crippen LogP contribution in [0.25, 0.3) is 10.4 Å². The van der Waals surface area contributed by atoms with Gasteiger partial charge in [0.05, 0.1) is 38.7 Å². The monoisotopic (exact) mass is 338 g/mol. The lowest BCUT2D eigenvalue weighted by Gasteiger charge is -2.08. The second-order valence-corrected chi connectivity index (χ2v) is 5.14. The van der Waals surface area contributed by atoms with Crippen molar-refractivity contribution >= 4 is 5.71 Å². The standard InChI is InChI=1S/C19H22N4O2/c20-23-22-12-14-25-16-15-24-13-11-21-19(17-7-3-1-4-8-17)18-9-5-2-6-10-18/h1-10H,11-16H2. The summed E-state index contributed by atoms with van der Waals surface area (Å²) < 4.78 is 10.8. The fraction of sp³-hybridized carbons (Fsp3) is 0.316. The van der Waals surface area contributed by atoms with Gasteiger partial charge in [-0.25, -0.2) is 0 Å². The van der Waals surface area contributed by atoms with E-state index in [1.807, 2.05) is 36.4 Å². The summed E-state index contributed by atoms with van der Waals surface area (Å²) in [6.07, 6.45) is 0. The molecule has 2 aromatic carbocycles. The van der Waals surface area contributed by atoms with Crippen molar-refractivity contribution in [2.75, 3.05) is 39.5 Å². The van der Waals surface area contributed by atoms with E-state index in [2.05, 4.69) is 34.3 Å². The van der Waals surface area contributed by atoms with E-state index in [1.54, 1.807) is 0 Å². The van der Waals surface area contributed by atoms with E-state index in [4.69, 9.17) is 20.0 Å². The van der Waals surface area contributed by atoms with Gasteiger partial charge in [-0.1, -0.05) is 65.8 Å². The van der Waals surface area contributed by atoms with Crippen molar-refractivity contribution < 1.29 is 9.47 Å². The molecule has 0 unspecified atom stereocenters. The predicted molar refractivity (Wildman–Crippen MR) is 99.0 cm³/mol. The molecule has 0 atom stereocenters. The highest BCUT2D eigenvalue weighted by molar-refractivity contribution is 6.12. The Labute approximate surface area is 147 Å². The number of aliphatic imine (C=N–C) groups is 1. The molecule has 0 saturated carbocycles. The third-order valence-electron chi connectivity index (χ3n) is 3.37. The van der Waals surface area contributed by atoms with Gasteiger partial charge < -0.3 is 9.47 Å². The van der Waals surface area contributed by atoms with Gasteiger partial charge in [0.1, 0.15) is 0 Å². The minimum absolute atomic E-state index is 0.346. The maximum atomic E-state index is 8.14. The van der Waals surface area contributed by atoms with Crippen LogP contribution in [0.5, 0.6) is 0 Å². The van der Waals surface area contributed by atoms with Crippen LogP contribution in [0, 0.1) is 0 Å². The zero-order chi connectivity index (χ0) is 17.6. The van der Waals surface area contributed by atoms with E-state index in [-0.39, 0.29) is 0 Å². The molecule has 2 rings (SSSR count).